The Hall–Kier alpha value is -0.420. The molecule has 2 bridgehead atoms. The summed E-state index contributed by atoms with van der Waals surface area (Å²) in [4.78, 5) is 2.55. The average Bonchev–Trinajstić information content (AvgIpc) is 3.02. The molecule has 2 aromatic rings. The summed E-state index contributed by atoms with van der Waals surface area (Å²) < 4.78 is 5.96. The zero-order valence-electron chi connectivity index (χ0n) is 13.7. The standard InChI is InChI=1S/C18H20Cl2N2O.2ClH/c19-14-7-13(8-15(20)9-14)18-2-1-16(23-18)10-21-17-11-22-5-3-12(17)4-6-22;;/h1-2,7-9,12,17,21H,3-6,10-11H2;2*1H. The number of hydrogen-bond donors (Lipinski definition) is 1. The molecule has 0 saturated carbocycles. The number of furan rings is 1. The van der Waals surface area contributed by atoms with E-state index in [1.54, 1.807) is 6.07 Å². The molecule has 1 unspecified atom stereocenters. The molecule has 0 radical (unpaired) electrons. The second-order valence-corrected chi connectivity index (χ2v) is 7.42. The lowest BCUT2D eigenvalue weighted by Gasteiger charge is -2.45. The van der Waals surface area contributed by atoms with Crippen molar-refractivity contribution in [2.45, 2.75) is 25.4 Å². The van der Waals surface area contributed by atoms with Gasteiger partial charge in [0.2, 0.25) is 0 Å². The van der Waals surface area contributed by atoms with Crippen LogP contribution in [0, 0.1) is 5.92 Å². The minimum atomic E-state index is 0. The molecule has 3 aliphatic rings. The van der Waals surface area contributed by atoms with Crippen molar-refractivity contribution in [3.8, 4) is 11.3 Å². The van der Waals surface area contributed by atoms with Crippen molar-refractivity contribution < 1.29 is 4.42 Å². The summed E-state index contributed by atoms with van der Waals surface area (Å²) in [7, 11) is 0. The molecule has 3 saturated heterocycles. The lowest BCUT2D eigenvalue weighted by atomic mass is 9.84. The SMILES string of the molecule is Cl.Cl.Clc1cc(Cl)cc(-c2ccc(CNC3CN4CCC3CC4)o2)c1. The van der Waals surface area contributed by atoms with Gasteiger partial charge in [-0.05, 0) is 62.2 Å². The van der Waals surface area contributed by atoms with E-state index in [4.69, 9.17) is 27.6 Å². The Bertz CT molecular complexity index is 678. The average molecular weight is 424 g/mol. The number of rotatable bonds is 4. The Balaban J connectivity index is 0.00000113. The van der Waals surface area contributed by atoms with E-state index >= 15 is 0 Å². The zero-order chi connectivity index (χ0) is 15.8. The Morgan fingerprint density at radius 1 is 1.04 bits per heavy atom. The van der Waals surface area contributed by atoms with Gasteiger partial charge in [-0.3, -0.25) is 0 Å². The van der Waals surface area contributed by atoms with E-state index in [1.165, 1.54) is 32.5 Å². The number of fused-ring (bicyclic) bond motifs is 3. The van der Waals surface area contributed by atoms with Gasteiger partial charge >= 0.3 is 0 Å². The van der Waals surface area contributed by atoms with Crippen LogP contribution in [0.5, 0.6) is 0 Å². The van der Waals surface area contributed by atoms with Crippen molar-refractivity contribution >= 4 is 48.0 Å². The summed E-state index contributed by atoms with van der Waals surface area (Å²) in [5.74, 6) is 2.58. The molecule has 0 spiro atoms. The monoisotopic (exact) mass is 422 g/mol. The van der Waals surface area contributed by atoms with Crippen molar-refractivity contribution in [2.24, 2.45) is 5.92 Å². The van der Waals surface area contributed by atoms with Crippen molar-refractivity contribution in [1.82, 2.24) is 10.2 Å². The van der Waals surface area contributed by atoms with Crippen LogP contribution in [0.4, 0.5) is 0 Å². The highest BCUT2D eigenvalue weighted by Gasteiger charge is 2.33. The number of benzene rings is 1. The fourth-order valence-corrected chi connectivity index (χ4v) is 4.28. The maximum Gasteiger partial charge on any atom is 0.134 e. The van der Waals surface area contributed by atoms with Crippen molar-refractivity contribution in [1.29, 1.82) is 0 Å². The third-order valence-electron chi connectivity index (χ3n) is 5.00. The summed E-state index contributed by atoms with van der Waals surface area (Å²) in [6.07, 6.45) is 2.64. The van der Waals surface area contributed by atoms with Crippen LogP contribution in [-0.2, 0) is 6.54 Å². The molecule has 7 heteroatoms. The third kappa shape index (κ3) is 4.85. The molecule has 3 nitrogen and oxygen atoms in total. The lowest BCUT2D eigenvalue weighted by Crippen LogP contribution is -2.55. The fourth-order valence-electron chi connectivity index (χ4n) is 3.75. The summed E-state index contributed by atoms with van der Waals surface area (Å²) in [5.41, 5.74) is 0.914. The first kappa shape index (κ1) is 20.9. The van der Waals surface area contributed by atoms with E-state index in [0.717, 1.165) is 29.5 Å². The molecule has 138 valence electrons. The molecule has 0 amide bonds. The lowest BCUT2D eigenvalue weighted by molar-refractivity contribution is 0.0711. The summed E-state index contributed by atoms with van der Waals surface area (Å²) >= 11 is 12.1. The smallest absolute Gasteiger partial charge is 0.134 e. The summed E-state index contributed by atoms with van der Waals surface area (Å²) in [5, 5.41) is 4.91. The second kappa shape index (κ2) is 8.98. The van der Waals surface area contributed by atoms with Crippen LogP contribution in [0.25, 0.3) is 11.3 Å². The van der Waals surface area contributed by atoms with Crippen molar-refractivity contribution in [2.75, 3.05) is 19.6 Å². The minimum Gasteiger partial charge on any atom is -0.460 e. The molecule has 3 aliphatic heterocycles. The molecule has 4 heterocycles. The van der Waals surface area contributed by atoms with Crippen LogP contribution < -0.4 is 5.32 Å². The van der Waals surface area contributed by atoms with Crippen LogP contribution in [-0.4, -0.2) is 30.6 Å². The Kier molecular flexibility index (Phi) is 7.51. The third-order valence-corrected chi connectivity index (χ3v) is 5.44. The van der Waals surface area contributed by atoms with Crippen molar-refractivity contribution in [3.63, 3.8) is 0 Å². The molecular weight excluding hydrogens is 402 g/mol. The normalized spacial score (nSPS) is 24.5. The van der Waals surface area contributed by atoms with Gasteiger partial charge in [0.15, 0.2) is 0 Å². The van der Waals surface area contributed by atoms with Gasteiger partial charge in [0.1, 0.15) is 11.5 Å². The highest BCUT2D eigenvalue weighted by molar-refractivity contribution is 6.35. The molecule has 25 heavy (non-hydrogen) atoms. The van der Waals surface area contributed by atoms with Gasteiger partial charge in [0, 0.05) is 28.2 Å². The molecule has 1 aromatic heterocycles. The maximum atomic E-state index is 6.06. The molecule has 1 aromatic carbocycles. The van der Waals surface area contributed by atoms with Gasteiger partial charge in [-0.15, -0.1) is 24.8 Å². The van der Waals surface area contributed by atoms with E-state index in [9.17, 15) is 0 Å². The number of hydrogen-bond acceptors (Lipinski definition) is 3. The van der Waals surface area contributed by atoms with E-state index in [1.807, 2.05) is 24.3 Å². The highest BCUT2D eigenvalue weighted by atomic mass is 35.5. The number of nitrogens with zero attached hydrogens (tertiary/aromatic N) is 1. The van der Waals surface area contributed by atoms with E-state index in [-0.39, 0.29) is 24.8 Å². The van der Waals surface area contributed by atoms with Crippen LogP contribution in [0.3, 0.4) is 0 Å². The summed E-state index contributed by atoms with van der Waals surface area (Å²) in [6.45, 7) is 4.47. The largest absolute Gasteiger partial charge is 0.460 e. The molecule has 3 fully saturated rings. The van der Waals surface area contributed by atoms with Crippen LogP contribution in [0.2, 0.25) is 10.0 Å². The van der Waals surface area contributed by atoms with Gasteiger partial charge in [-0.25, -0.2) is 0 Å². The molecule has 1 N–H and O–H groups in total. The predicted molar refractivity (Wildman–Crippen MR) is 108 cm³/mol. The van der Waals surface area contributed by atoms with Crippen LogP contribution >= 0.6 is 48.0 Å². The molecule has 5 rings (SSSR count). The van der Waals surface area contributed by atoms with Gasteiger partial charge in [0.25, 0.3) is 0 Å². The van der Waals surface area contributed by atoms with E-state index in [2.05, 4.69) is 10.2 Å². The van der Waals surface area contributed by atoms with Crippen molar-refractivity contribution in [3.05, 3.63) is 46.1 Å². The molecule has 1 atom stereocenters. The molecular formula is C18H22Cl4N2O. The van der Waals surface area contributed by atoms with Gasteiger partial charge in [-0.2, -0.15) is 0 Å². The van der Waals surface area contributed by atoms with Gasteiger partial charge in [0.05, 0.1) is 6.54 Å². The number of nitrogens with one attached hydrogen (secondary N) is 1. The Morgan fingerprint density at radius 3 is 2.32 bits per heavy atom. The van der Waals surface area contributed by atoms with Crippen LogP contribution in [0.15, 0.2) is 34.7 Å². The van der Waals surface area contributed by atoms with E-state index < -0.39 is 0 Å². The number of piperidine rings is 3. The van der Waals surface area contributed by atoms with E-state index in [0.29, 0.717) is 16.1 Å². The number of halogens is 4. The first-order chi connectivity index (χ1) is 11.2. The predicted octanol–water partition coefficient (Wildman–Crippen LogP) is 5.28. The zero-order valence-corrected chi connectivity index (χ0v) is 16.9. The first-order valence-electron chi connectivity index (χ1n) is 8.18. The highest BCUT2D eigenvalue weighted by Crippen LogP contribution is 2.30. The quantitative estimate of drug-likeness (QED) is 0.724. The Labute approximate surface area is 170 Å². The van der Waals surface area contributed by atoms with Crippen LogP contribution in [0.1, 0.15) is 18.6 Å². The minimum absolute atomic E-state index is 0. The second-order valence-electron chi connectivity index (χ2n) is 6.55. The summed E-state index contributed by atoms with van der Waals surface area (Å²) in [6, 6.07) is 10.1. The molecule has 0 aliphatic carbocycles. The maximum absolute atomic E-state index is 6.06. The van der Waals surface area contributed by atoms with Gasteiger partial charge in [-0.1, -0.05) is 23.2 Å². The topological polar surface area (TPSA) is 28.4 Å². The fraction of sp³-hybridized carbons (Fsp3) is 0.444. The van der Waals surface area contributed by atoms with Gasteiger partial charge < -0.3 is 14.6 Å². The Morgan fingerprint density at radius 2 is 1.72 bits per heavy atom. The first-order valence-corrected chi connectivity index (χ1v) is 8.94.